The van der Waals surface area contributed by atoms with Crippen LogP contribution in [0.4, 0.5) is 5.82 Å². The van der Waals surface area contributed by atoms with Crippen molar-refractivity contribution >= 4 is 11.7 Å². The first-order valence-electron chi connectivity index (χ1n) is 6.04. The van der Waals surface area contributed by atoms with Gasteiger partial charge in [0.25, 0.3) is 5.91 Å². The first-order chi connectivity index (χ1) is 8.81. The lowest BCUT2D eigenvalue weighted by atomic mass is 10.2. The molecule has 92 valence electrons. The Morgan fingerprint density at radius 2 is 2.17 bits per heavy atom. The van der Waals surface area contributed by atoms with Crippen molar-refractivity contribution in [3.05, 3.63) is 42.6 Å². The van der Waals surface area contributed by atoms with Crippen LogP contribution in [0.5, 0.6) is 0 Å². The van der Waals surface area contributed by atoms with Crippen LogP contribution < -0.4 is 5.32 Å². The van der Waals surface area contributed by atoms with E-state index < -0.39 is 0 Å². The van der Waals surface area contributed by atoms with Gasteiger partial charge in [-0.15, -0.1) is 0 Å². The van der Waals surface area contributed by atoms with Crippen molar-refractivity contribution in [2.24, 2.45) is 5.92 Å². The lowest BCUT2D eigenvalue weighted by Crippen LogP contribution is -2.12. The molecule has 1 aliphatic rings. The zero-order valence-corrected chi connectivity index (χ0v) is 9.91. The second kappa shape index (κ2) is 4.60. The molecule has 0 atom stereocenters. The van der Waals surface area contributed by atoms with E-state index in [2.05, 4.69) is 15.3 Å². The molecule has 2 heterocycles. The van der Waals surface area contributed by atoms with Gasteiger partial charge in [0.2, 0.25) is 0 Å². The van der Waals surface area contributed by atoms with Crippen LogP contribution in [0.25, 0.3) is 0 Å². The Balaban J connectivity index is 1.65. The molecule has 0 aliphatic heterocycles. The van der Waals surface area contributed by atoms with Gasteiger partial charge in [-0.25, -0.2) is 4.98 Å². The molecule has 2 aromatic heterocycles. The highest BCUT2D eigenvalue weighted by atomic mass is 16.1. The molecule has 3 rings (SSSR count). The molecule has 0 aromatic carbocycles. The quantitative estimate of drug-likeness (QED) is 0.891. The average Bonchev–Trinajstić information content (AvgIpc) is 3.10. The SMILES string of the molecule is O=C(Nc1cn(CC2CC2)cn1)c1ccncc1. The summed E-state index contributed by atoms with van der Waals surface area (Å²) in [6.07, 6.45) is 9.44. The molecular formula is C13H14N4O. The highest BCUT2D eigenvalue weighted by Gasteiger charge is 2.21. The Morgan fingerprint density at radius 3 is 2.89 bits per heavy atom. The lowest BCUT2D eigenvalue weighted by molar-refractivity contribution is 0.102. The fourth-order valence-corrected chi connectivity index (χ4v) is 1.81. The zero-order chi connectivity index (χ0) is 12.4. The molecule has 0 radical (unpaired) electrons. The maximum absolute atomic E-state index is 11.9. The standard InChI is InChI=1S/C13H14N4O/c18-13(11-3-5-14-6-4-11)16-12-8-17(9-15-12)7-10-1-2-10/h3-6,8-10H,1-2,7H2,(H,16,18). The van der Waals surface area contributed by atoms with Crippen molar-refractivity contribution < 1.29 is 4.79 Å². The third-order valence-electron chi connectivity index (χ3n) is 2.98. The van der Waals surface area contributed by atoms with Gasteiger partial charge in [-0.05, 0) is 30.9 Å². The Bertz CT molecular complexity index is 545. The number of hydrogen-bond donors (Lipinski definition) is 1. The number of amides is 1. The number of rotatable bonds is 4. The number of hydrogen-bond acceptors (Lipinski definition) is 3. The van der Waals surface area contributed by atoms with Gasteiger partial charge < -0.3 is 9.88 Å². The highest BCUT2D eigenvalue weighted by molar-refractivity contribution is 6.03. The molecule has 5 nitrogen and oxygen atoms in total. The summed E-state index contributed by atoms with van der Waals surface area (Å²) >= 11 is 0. The average molecular weight is 242 g/mol. The van der Waals surface area contributed by atoms with E-state index in [-0.39, 0.29) is 5.91 Å². The van der Waals surface area contributed by atoms with E-state index in [0.717, 1.165) is 12.5 Å². The van der Waals surface area contributed by atoms with Gasteiger partial charge in [-0.1, -0.05) is 0 Å². The van der Waals surface area contributed by atoms with E-state index in [9.17, 15) is 4.79 Å². The minimum Gasteiger partial charge on any atom is -0.335 e. The molecule has 0 bridgehead atoms. The number of nitrogens with one attached hydrogen (secondary N) is 1. The second-order valence-corrected chi connectivity index (χ2v) is 4.59. The maximum Gasteiger partial charge on any atom is 0.256 e. The summed E-state index contributed by atoms with van der Waals surface area (Å²) in [6, 6.07) is 3.35. The molecule has 0 unspecified atom stereocenters. The fraction of sp³-hybridized carbons (Fsp3) is 0.308. The van der Waals surface area contributed by atoms with E-state index in [1.807, 2.05) is 10.8 Å². The Hall–Kier alpha value is -2.17. The van der Waals surface area contributed by atoms with E-state index in [1.165, 1.54) is 12.8 Å². The molecule has 1 fully saturated rings. The lowest BCUT2D eigenvalue weighted by Gasteiger charge is -2.01. The van der Waals surface area contributed by atoms with E-state index in [4.69, 9.17) is 0 Å². The second-order valence-electron chi connectivity index (χ2n) is 4.59. The highest BCUT2D eigenvalue weighted by Crippen LogP contribution is 2.30. The summed E-state index contributed by atoms with van der Waals surface area (Å²) in [5, 5.41) is 2.77. The van der Waals surface area contributed by atoms with E-state index >= 15 is 0 Å². The largest absolute Gasteiger partial charge is 0.335 e. The zero-order valence-electron chi connectivity index (χ0n) is 9.91. The number of anilines is 1. The summed E-state index contributed by atoms with van der Waals surface area (Å²) in [4.78, 5) is 19.9. The van der Waals surface area contributed by atoms with E-state index in [1.54, 1.807) is 30.9 Å². The first-order valence-corrected chi connectivity index (χ1v) is 6.04. The number of pyridine rings is 1. The molecule has 5 heteroatoms. The minimum absolute atomic E-state index is 0.158. The van der Waals surface area contributed by atoms with Crippen LogP contribution in [0.15, 0.2) is 37.1 Å². The van der Waals surface area contributed by atoms with Crippen LogP contribution in [0, 0.1) is 5.92 Å². The van der Waals surface area contributed by atoms with Gasteiger partial charge in [0, 0.05) is 30.7 Å². The topological polar surface area (TPSA) is 59.8 Å². The Morgan fingerprint density at radius 1 is 1.39 bits per heavy atom. The van der Waals surface area contributed by atoms with Gasteiger partial charge in [-0.3, -0.25) is 9.78 Å². The van der Waals surface area contributed by atoms with Crippen LogP contribution in [-0.4, -0.2) is 20.4 Å². The van der Waals surface area contributed by atoms with Crippen LogP contribution in [0.3, 0.4) is 0 Å². The van der Waals surface area contributed by atoms with Crippen LogP contribution in [0.2, 0.25) is 0 Å². The molecule has 18 heavy (non-hydrogen) atoms. The van der Waals surface area contributed by atoms with Crippen LogP contribution in [-0.2, 0) is 6.54 Å². The minimum atomic E-state index is -0.158. The molecule has 0 saturated heterocycles. The summed E-state index contributed by atoms with van der Waals surface area (Å²) < 4.78 is 2.03. The predicted molar refractivity (Wildman–Crippen MR) is 67.1 cm³/mol. The smallest absolute Gasteiger partial charge is 0.256 e. The van der Waals surface area contributed by atoms with Gasteiger partial charge in [-0.2, -0.15) is 0 Å². The monoisotopic (exact) mass is 242 g/mol. The summed E-state index contributed by atoms with van der Waals surface area (Å²) in [5.74, 6) is 1.23. The Labute approximate surface area is 105 Å². The number of imidazole rings is 1. The van der Waals surface area contributed by atoms with Crippen molar-refractivity contribution in [1.82, 2.24) is 14.5 Å². The van der Waals surface area contributed by atoms with Crippen LogP contribution >= 0.6 is 0 Å². The fourth-order valence-electron chi connectivity index (χ4n) is 1.81. The molecule has 1 amide bonds. The van der Waals surface area contributed by atoms with Crippen molar-refractivity contribution in [1.29, 1.82) is 0 Å². The number of carbonyl (C=O) groups excluding carboxylic acids is 1. The Kier molecular flexibility index (Phi) is 2.80. The van der Waals surface area contributed by atoms with Crippen molar-refractivity contribution in [3.8, 4) is 0 Å². The molecule has 1 N–H and O–H groups in total. The summed E-state index contributed by atoms with van der Waals surface area (Å²) in [6.45, 7) is 0.998. The van der Waals surface area contributed by atoms with Gasteiger partial charge in [0.05, 0.1) is 6.33 Å². The molecule has 1 saturated carbocycles. The number of aromatic nitrogens is 3. The van der Waals surface area contributed by atoms with Gasteiger partial charge in [0.1, 0.15) is 0 Å². The third-order valence-corrected chi connectivity index (χ3v) is 2.98. The maximum atomic E-state index is 11.9. The van der Waals surface area contributed by atoms with E-state index in [0.29, 0.717) is 11.4 Å². The summed E-state index contributed by atoms with van der Waals surface area (Å²) in [5.41, 5.74) is 0.585. The van der Waals surface area contributed by atoms with Crippen molar-refractivity contribution in [2.45, 2.75) is 19.4 Å². The molecule has 2 aromatic rings. The number of nitrogens with zero attached hydrogens (tertiary/aromatic N) is 3. The third kappa shape index (κ3) is 2.56. The van der Waals surface area contributed by atoms with Crippen molar-refractivity contribution in [2.75, 3.05) is 5.32 Å². The van der Waals surface area contributed by atoms with Crippen molar-refractivity contribution in [3.63, 3.8) is 0 Å². The normalized spacial score (nSPS) is 14.4. The molecule has 1 aliphatic carbocycles. The van der Waals surface area contributed by atoms with Gasteiger partial charge >= 0.3 is 0 Å². The van der Waals surface area contributed by atoms with Gasteiger partial charge in [0.15, 0.2) is 5.82 Å². The summed E-state index contributed by atoms with van der Waals surface area (Å²) in [7, 11) is 0. The van der Waals surface area contributed by atoms with Crippen LogP contribution in [0.1, 0.15) is 23.2 Å². The number of carbonyl (C=O) groups is 1. The molecule has 0 spiro atoms. The predicted octanol–water partition coefficient (Wildman–Crippen LogP) is 1.94. The first kappa shape index (κ1) is 11.0. The molecular weight excluding hydrogens is 228 g/mol.